The molecule has 4 heterocycles. The number of nitrogens with zero attached hydrogens (tertiary/aromatic N) is 4. The number of hydrogen-bond acceptors (Lipinski definition) is 7. The summed E-state index contributed by atoms with van der Waals surface area (Å²) in [5.41, 5.74) is -0.203. The highest BCUT2D eigenvalue weighted by Gasteiger charge is 2.40. The van der Waals surface area contributed by atoms with Gasteiger partial charge in [-0.2, -0.15) is 0 Å². The van der Waals surface area contributed by atoms with Crippen molar-refractivity contribution in [3.63, 3.8) is 0 Å². The Kier molecular flexibility index (Phi) is 6.03. The van der Waals surface area contributed by atoms with E-state index in [4.69, 9.17) is 9.47 Å². The Morgan fingerprint density at radius 2 is 2.00 bits per heavy atom. The molecular weight excluding hydrogens is 444 g/mol. The number of methoxy groups -OCH3 is 1. The second kappa shape index (κ2) is 8.99. The fraction of sp³-hybridized carbons (Fsp3) is 0.500. The number of carbonyl (C=O) groups is 1. The summed E-state index contributed by atoms with van der Waals surface area (Å²) in [7, 11) is 3.43. The second-order valence-electron chi connectivity index (χ2n) is 9.09. The van der Waals surface area contributed by atoms with Crippen LogP contribution in [0.4, 0.5) is 14.6 Å². The van der Waals surface area contributed by atoms with Crippen molar-refractivity contribution in [3.05, 3.63) is 35.4 Å². The summed E-state index contributed by atoms with van der Waals surface area (Å²) >= 11 is 0. The topological polar surface area (TPSA) is 70.2 Å². The van der Waals surface area contributed by atoms with Crippen molar-refractivity contribution in [2.24, 2.45) is 0 Å². The maximum atomic E-state index is 16.1. The lowest BCUT2D eigenvalue weighted by Gasteiger charge is -2.40. The first-order valence-corrected chi connectivity index (χ1v) is 11.6. The number of fused-ring (bicyclic) bond motifs is 2. The van der Waals surface area contributed by atoms with Gasteiger partial charge in [-0.3, -0.25) is 4.79 Å². The number of anilines is 1. The first-order chi connectivity index (χ1) is 16.4. The average molecular weight is 474 g/mol. The predicted molar refractivity (Wildman–Crippen MR) is 124 cm³/mol. The van der Waals surface area contributed by atoms with Crippen molar-refractivity contribution >= 4 is 11.7 Å². The van der Waals surface area contributed by atoms with Crippen molar-refractivity contribution in [1.82, 2.24) is 20.1 Å². The van der Waals surface area contributed by atoms with Crippen LogP contribution in [0.15, 0.2) is 18.2 Å². The maximum Gasteiger partial charge on any atom is 0.261 e. The Bertz CT molecular complexity index is 1110. The molecular formula is C24H29F2N5O3. The van der Waals surface area contributed by atoms with Gasteiger partial charge in [0.1, 0.15) is 35.2 Å². The summed E-state index contributed by atoms with van der Waals surface area (Å²) < 4.78 is 42.4. The highest BCUT2D eigenvalue weighted by molar-refractivity contribution is 6.03. The third kappa shape index (κ3) is 3.74. The van der Waals surface area contributed by atoms with E-state index in [1.807, 2.05) is 18.9 Å². The number of nitrogens with one attached hydrogen (secondary N) is 1. The molecule has 1 amide bonds. The normalized spacial score (nSPS) is 23.1. The molecule has 3 aliphatic rings. The van der Waals surface area contributed by atoms with Crippen LogP contribution in [-0.4, -0.2) is 92.8 Å². The Morgan fingerprint density at radius 1 is 1.18 bits per heavy atom. The van der Waals surface area contributed by atoms with E-state index >= 15 is 8.78 Å². The number of likely N-dealkylation sites (N-methyl/N-ethyl adjacent to an activating group) is 1. The van der Waals surface area contributed by atoms with Gasteiger partial charge in [-0.1, -0.05) is 6.07 Å². The van der Waals surface area contributed by atoms with Gasteiger partial charge < -0.3 is 29.5 Å². The van der Waals surface area contributed by atoms with Crippen LogP contribution in [0.5, 0.6) is 11.5 Å². The summed E-state index contributed by atoms with van der Waals surface area (Å²) in [5.74, 6) is -1.52. The number of piperazine rings is 2. The van der Waals surface area contributed by atoms with Crippen LogP contribution >= 0.6 is 0 Å². The lowest BCUT2D eigenvalue weighted by molar-refractivity contribution is 0.0606. The van der Waals surface area contributed by atoms with Crippen LogP contribution < -0.4 is 19.7 Å². The number of ether oxygens (including phenoxy) is 2. The van der Waals surface area contributed by atoms with Gasteiger partial charge in [-0.05, 0) is 26.1 Å². The molecule has 2 saturated heterocycles. The highest BCUT2D eigenvalue weighted by Crippen LogP contribution is 2.43. The quantitative estimate of drug-likeness (QED) is 0.731. The minimum absolute atomic E-state index is 0.00560. The molecule has 2 atom stereocenters. The third-order valence-corrected chi connectivity index (χ3v) is 6.86. The minimum Gasteiger partial charge on any atom is -0.496 e. The van der Waals surface area contributed by atoms with E-state index in [0.29, 0.717) is 32.0 Å². The van der Waals surface area contributed by atoms with Gasteiger partial charge >= 0.3 is 0 Å². The number of hydrogen-bond donors (Lipinski definition) is 1. The van der Waals surface area contributed by atoms with Crippen LogP contribution in [0.25, 0.3) is 11.3 Å². The monoisotopic (exact) mass is 473 g/mol. The van der Waals surface area contributed by atoms with Crippen molar-refractivity contribution in [1.29, 1.82) is 0 Å². The summed E-state index contributed by atoms with van der Waals surface area (Å²) in [4.78, 5) is 24.3. The fourth-order valence-electron chi connectivity index (χ4n) is 5.09. The molecule has 10 heteroatoms. The van der Waals surface area contributed by atoms with Gasteiger partial charge in [0.15, 0.2) is 11.6 Å². The van der Waals surface area contributed by atoms with Crippen LogP contribution in [0, 0.1) is 11.6 Å². The number of rotatable bonds is 3. The van der Waals surface area contributed by atoms with Crippen molar-refractivity contribution in [2.45, 2.75) is 19.0 Å². The predicted octanol–water partition coefficient (Wildman–Crippen LogP) is 1.98. The van der Waals surface area contributed by atoms with Crippen molar-refractivity contribution in [2.75, 3.05) is 64.9 Å². The number of amides is 1. The molecule has 0 aliphatic carbocycles. The maximum absolute atomic E-state index is 16.1. The SMILES string of the molecule is COc1cccc(F)c1-c1nc(N2CCN(C)C[C@@H]2C)c2c(c1F)OC[C@H]1CNCCN1C2=O. The van der Waals surface area contributed by atoms with Gasteiger partial charge in [0, 0.05) is 45.3 Å². The van der Waals surface area contributed by atoms with E-state index in [2.05, 4.69) is 15.2 Å². The number of pyridine rings is 1. The molecule has 5 rings (SSSR count). The Hall–Kier alpha value is -2.98. The molecule has 0 spiro atoms. The van der Waals surface area contributed by atoms with Crippen LogP contribution in [0.2, 0.25) is 0 Å². The second-order valence-corrected chi connectivity index (χ2v) is 9.09. The molecule has 0 saturated carbocycles. The van der Waals surface area contributed by atoms with Gasteiger partial charge in [0.25, 0.3) is 5.91 Å². The Labute approximate surface area is 197 Å². The molecule has 182 valence electrons. The van der Waals surface area contributed by atoms with E-state index in [9.17, 15) is 4.79 Å². The fourth-order valence-corrected chi connectivity index (χ4v) is 5.09. The molecule has 0 unspecified atom stereocenters. The molecule has 2 aromatic rings. The molecule has 0 radical (unpaired) electrons. The number of aromatic nitrogens is 1. The van der Waals surface area contributed by atoms with E-state index in [0.717, 1.165) is 13.1 Å². The molecule has 2 fully saturated rings. The average Bonchev–Trinajstić information content (AvgIpc) is 2.97. The van der Waals surface area contributed by atoms with Crippen LogP contribution in [0.1, 0.15) is 17.3 Å². The summed E-state index contributed by atoms with van der Waals surface area (Å²) in [6.45, 7) is 5.97. The highest BCUT2D eigenvalue weighted by atomic mass is 19.1. The molecule has 0 bridgehead atoms. The first kappa shape index (κ1) is 22.8. The molecule has 34 heavy (non-hydrogen) atoms. The summed E-state index contributed by atoms with van der Waals surface area (Å²) in [6.07, 6.45) is 0. The molecule has 3 aliphatic heterocycles. The zero-order valence-electron chi connectivity index (χ0n) is 19.6. The lowest BCUT2D eigenvalue weighted by atomic mass is 10.0. The van der Waals surface area contributed by atoms with E-state index in [1.54, 1.807) is 11.0 Å². The van der Waals surface area contributed by atoms with Gasteiger partial charge in [0.05, 0.1) is 18.7 Å². The van der Waals surface area contributed by atoms with E-state index in [-0.39, 0.29) is 52.9 Å². The van der Waals surface area contributed by atoms with E-state index < -0.39 is 11.6 Å². The van der Waals surface area contributed by atoms with Crippen LogP contribution in [0.3, 0.4) is 0 Å². The standard InChI is InChI=1S/C24H29F2N5O3/c1-14-12-29(2)9-10-30(14)23-19-22(34-13-15-11-27-7-8-31(15)24(19)32)20(26)21(28-23)18-16(25)5-4-6-17(18)33-3/h4-6,14-15,27H,7-13H2,1-3H3/t14-,15+/m0/s1. The third-order valence-electron chi connectivity index (χ3n) is 6.86. The number of halogens is 2. The van der Waals surface area contributed by atoms with Gasteiger partial charge in [-0.25, -0.2) is 13.8 Å². The van der Waals surface area contributed by atoms with Crippen molar-refractivity contribution < 1.29 is 23.0 Å². The van der Waals surface area contributed by atoms with Crippen molar-refractivity contribution in [3.8, 4) is 22.8 Å². The first-order valence-electron chi connectivity index (χ1n) is 11.6. The van der Waals surface area contributed by atoms with Gasteiger partial charge in [0.2, 0.25) is 0 Å². The molecule has 8 nitrogen and oxygen atoms in total. The lowest BCUT2D eigenvalue weighted by Crippen LogP contribution is -2.55. The molecule has 1 aromatic carbocycles. The Balaban J connectivity index is 1.75. The minimum atomic E-state index is -0.856. The summed E-state index contributed by atoms with van der Waals surface area (Å²) in [5, 5.41) is 3.26. The largest absolute Gasteiger partial charge is 0.496 e. The zero-order chi connectivity index (χ0) is 24.0. The molecule has 1 N–H and O–H groups in total. The Morgan fingerprint density at radius 3 is 2.76 bits per heavy atom. The smallest absolute Gasteiger partial charge is 0.261 e. The van der Waals surface area contributed by atoms with Crippen LogP contribution in [-0.2, 0) is 0 Å². The zero-order valence-corrected chi connectivity index (χ0v) is 19.6. The number of carbonyl (C=O) groups excluding carboxylic acids is 1. The number of benzene rings is 1. The molecule has 1 aromatic heterocycles. The van der Waals surface area contributed by atoms with Gasteiger partial charge in [-0.15, -0.1) is 0 Å². The summed E-state index contributed by atoms with van der Waals surface area (Å²) in [6, 6.07) is 4.07. The van der Waals surface area contributed by atoms with E-state index in [1.165, 1.54) is 19.2 Å².